The van der Waals surface area contributed by atoms with Gasteiger partial charge in [-0.3, -0.25) is 14.2 Å². The molecule has 0 aliphatic rings. The van der Waals surface area contributed by atoms with E-state index in [9.17, 15) is 23.5 Å². The summed E-state index contributed by atoms with van der Waals surface area (Å²) in [6, 6.07) is 9.52. The average Bonchev–Trinajstić information content (AvgIpc) is 2.70. The molecule has 0 spiro atoms. The number of benzene rings is 2. The van der Waals surface area contributed by atoms with Crippen molar-refractivity contribution in [3.05, 3.63) is 80.2 Å². The smallest absolute Gasteiger partial charge is 0.257 e. The van der Waals surface area contributed by atoms with Crippen LogP contribution in [0.25, 0.3) is 11.4 Å². The number of aryl methyl sites for hydroxylation is 1. The summed E-state index contributed by atoms with van der Waals surface area (Å²) in [5, 5.41) is 11.7. The van der Waals surface area contributed by atoms with E-state index in [-0.39, 0.29) is 30.1 Å². The van der Waals surface area contributed by atoms with E-state index in [1.807, 2.05) is 0 Å². The molecule has 0 saturated heterocycles. The molecule has 6 nitrogen and oxygen atoms in total. The largest absolute Gasteiger partial charge is 0.396 e. The maximum atomic E-state index is 14.0. The number of halogens is 3. The lowest BCUT2D eigenvalue weighted by Crippen LogP contribution is -2.33. The Kier molecular flexibility index (Phi) is 6.73. The molecule has 0 radical (unpaired) electrons. The van der Waals surface area contributed by atoms with Crippen molar-refractivity contribution in [3.63, 3.8) is 0 Å². The zero-order valence-corrected chi connectivity index (χ0v) is 17.5. The second kappa shape index (κ2) is 9.27. The van der Waals surface area contributed by atoms with Gasteiger partial charge in [-0.25, -0.2) is 13.8 Å². The van der Waals surface area contributed by atoms with Crippen LogP contribution in [-0.2, 0) is 17.8 Å². The number of aromatic nitrogens is 2. The van der Waals surface area contributed by atoms with Crippen LogP contribution in [0.5, 0.6) is 0 Å². The van der Waals surface area contributed by atoms with E-state index >= 15 is 0 Å². The van der Waals surface area contributed by atoms with Crippen LogP contribution in [0.3, 0.4) is 0 Å². The SMILES string of the molecule is Cc1nc(-c2ccc(F)cc2)n(CC(=O)Nc2ccc(Br)cc2F)c(=O)c1CCO. The van der Waals surface area contributed by atoms with Gasteiger partial charge >= 0.3 is 0 Å². The number of nitrogens with one attached hydrogen (secondary N) is 1. The summed E-state index contributed by atoms with van der Waals surface area (Å²) < 4.78 is 29.0. The van der Waals surface area contributed by atoms with E-state index in [4.69, 9.17) is 0 Å². The molecular formula is C21H18BrF2N3O3. The van der Waals surface area contributed by atoms with Crippen LogP contribution < -0.4 is 10.9 Å². The summed E-state index contributed by atoms with van der Waals surface area (Å²) in [7, 11) is 0. The quantitative estimate of drug-likeness (QED) is 0.569. The predicted octanol–water partition coefficient (Wildman–Crippen LogP) is 3.43. The highest BCUT2D eigenvalue weighted by molar-refractivity contribution is 9.10. The Hall–Kier alpha value is -2.91. The number of aliphatic hydroxyl groups excluding tert-OH is 1. The highest BCUT2D eigenvalue weighted by Crippen LogP contribution is 2.21. The third kappa shape index (κ3) is 4.80. The number of rotatable bonds is 6. The maximum Gasteiger partial charge on any atom is 0.257 e. The molecule has 1 amide bonds. The Labute approximate surface area is 179 Å². The number of carbonyl (C=O) groups is 1. The summed E-state index contributed by atoms with van der Waals surface area (Å²) in [5.41, 5.74) is 0.585. The highest BCUT2D eigenvalue weighted by Gasteiger charge is 2.18. The first-order valence-corrected chi connectivity index (χ1v) is 9.81. The molecule has 0 bridgehead atoms. The first-order chi connectivity index (χ1) is 14.3. The number of amides is 1. The standard InChI is InChI=1S/C21H18BrF2N3O3/c1-12-16(8-9-28)21(30)27(20(25-12)13-2-5-15(23)6-3-13)11-19(29)26-18-7-4-14(22)10-17(18)24/h2-7,10,28H,8-9,11H2,1H3,(H,26,29). The van der Waals surface area contributed by atoms with Crippen molar-refractivity contribution < 1.29 is 18.7 Å². The van der Waals surface area contributed by atoms with E-state index in [1.165, 1.54) is 36.4 Å². The van der Waals surface area contributed by atoms with Crippen molar-refractivity contribution in [1.82, 2.24) is 9.55 Å². The van der Waals surface area contributed by atoms with Gasteiger partial charge in [-0.1, -0.05) is 15.9 Å². The topological polar surface area (TPSA) is 84.2 Å². The molecule has 156 valence electrons. The summed E-state index contributed by atoms with van der Waals surface area (Å²) in [6.45, 7) is 0.928. The Bertz CT molecular complexity index is 1150. The van der Waals surface area contributed by atoms with Crippen LogP contribution in [0.4, 0.5) is 14.5 Å². The second-order valence-electron chi connectivity index (χ2n) is 6.54. The average molecular weight is 478 g/mol. The third-order valence-corrected chi connectivity index (χ3v) is 4.93. The Balaban J connectivity index is 2.02. The summed E-state index contributed by atoms with van der Waals surface area (Å²) in [5.74, 6) is -1.55. The number of hydrogen-bond donors (Lipinski definition) is 2. The van der Waals surface area contributed by atoms with Gasteiger partial charge in [0.2, 0.25) is 5.91 Å². The highest BCUT2D eigenvalue weighted by atomic mass is 79.9. The third-order valence-electron chi connectivity index (χ3n) is 4.44. The van der Waals surface area contributed by atoms with E-state index < -0.39 is 29.6 Å². The molecule has 2 aromatic carbocycles. The van der Waals surface area contributed by atoms with Crippen LogP contribution in [0, 0.1) is 18.6 Å². The second-order valence-corrected chi connectivity index (χ2v) is 7.46. The van der Waals surface area contributed by atoms with Crippen molar-refractivity contribution in [2.75, 3.05) is 11.9 Å². The summed E-state index contributed by atoms with van der Waals surface area (Å²) >= 11 is 3.14. The minimum atomic E-state index is -0.637. The van der Waals surface area contributed by atoms with Crippen molar-refractivity contribution in [2.24, 2.45) is 0 Å². The molecule has 3 rings (SSSR count). The number of carbonyl (C=O) groups excluding carboxylic acids is 1. The zero-order chi connectivity index (χ0) is 21.8. The zero-order valence-electron chi connectivity index (χ0n) is 16.0. The normalized spacial score (nSPS) is 10.8. The van der Waals surface area contributed by atoms with E-state index in [0.717, 1.165) is 4.57 Å². The Morgan fingerprint density at radius 3 is 2.53 bits per heavy atom. The minimum absolute atomic E-state index is 0.0322. The lowest BCUT2D eigenvalue weighted by Gasteiger charge is -2.16. The molecule has 0 aliphatic carbocycles. The van der Waals surface area contributed by atoms with Gasteiger partial charge < -0.3 is 10.4 Å². The van der Waals surface area contributed by atoms with Gasteiger partial charge in [0.15, 0.2) is 0 Å². The van der Waals surface area contributed by atoms with E-state index in [0.29, 0.717) is 15.7 Å². The first kappa shape index (κ1) is 21.8. The summed E-state index contributed by atoms with van der Waals surface area (Å²) in [4.78, 5) is 30.0. The Morgan fingerprint density at radius 2 is 1.90 bits per heavy atom. The van der Waals surface area contributed by atoms with Gasteiger partial charge in [0.05, 0.1) is 5.69 Å². The lowest BCUT2D eigenvalue weighted by atomic mass is 10.1. The molecule has 3 aromatic rings. The molecule has 2 N–H and O–H groups in total. The lowest BCUT2D eigenvalue weighted by molar-refractivity contribution is -0.116. The number of aliphatic hydroxyl groups is 1. The molecule has 0 aliphatic heterocycles. The predicted molar refractivity (Wildman–Crippen MR) is 112 cm³/mol. The molecule has 0 fully saturated rings. The monoisotopic (exact) mass is 477 g/mol. The van der Waals surface area contributed by atoms with Gasteiger partial charge in [0.25, 0.3) is 5.56 Å². The minimum Gasteiger partial charge on any atom is -0.396 e. The van der Waals surface area contributed by atoms with Gasteiger partial charge in [-0.05, 0) is 49.4 Å². The fraction of sp³-hybridized carbons (Fsp3) is 0.190. The van der Waals surface area contributed by atoms with Crippen molar-refractivity contribution in [3.8, 4) is 11.4 Å². The Morgan fingerprint density at radius 1 is 1.20 bits per heavy atom. The van der Waals surface area contributed by atoms with Gasteiger partial charge in [0, 0.05) is 34.3 Å². The number of hydrogen-bond acceptors (Lipinski definition) is 4. The molecule has 1 heterocycles. The van der Waals surface area contributed by atoms with Crippen molar-refractivity contribution in [1.29, 1.82) is 0 Å². The van der Waals surface area contributed by atoms with Crippen LogP contribution in [0.15, 0.2) is 51.7 Å². The molecule has 30 heavy (non-hydrogen) atoms. The van der Waals surface area contributed by atoms with Crippen LogP contribution in [0.1, 0.15) is 11.3 Å². The fourth-order valence-electron chi connectivity index (χ4n) is 2.99. The number of anilines is 1. The summed E-state index contributed by atoms with van der Waals surface area (Å²) in [6.07, 6.45) is 0.0737. The fourth-order valence-corrected chi connectivity index (χ4v) is 3.32. The van der Waals surface area contributed by atoms with E-state index in [1.54, 1.807) is 13.0 Å². The molecule has 0 saturated carbocycles. The van der Waals surface area contributed by atoms with Gasteiger partial charge in [-0.2, -0.15) is 0 Å². The van der Waals surface area contributed by atoms with Crippen LogP contribution >= 0.6 is 15.9 Å². The molecule has 0 unspecified atom stereocenters. The molecule has 1 aromatic heterocycles. The van der Waals surface area contributed by atoms with Crippen LogP contribution in [-0.4, -0.2) is 27.2 Å². The van der Waals surface area contributed by atoms with Crippen LogP contribution in [0.2, 0.25) is 0 Å². The molecule has 9 heteroatoms. The molecular weight excluding hydrogens is 460 g/mol. The van der Waals surface area contributed by atoms with Crippen molar-refractivity contribution >= 4 is 27.5 Å². The van der Waals surface area contributed by atoms with Gasteiger partial charge in [-0.15, -0.1) is 0 Å². The number of nitrogens with zero attached hydrogens (tertiary/aromatic N) is 2. The maximum absolute atomic E-state index is 14.0. The van der Waals surface area contributed by atoms with Crippen molar-refractivity contribution in [2.45, 2.75) is 19.9 Å². The van der Waals surface area contributed by atoms with Gasteiger partial charge in [0.1, 0.15) is 24.0 Å². The molecule has 0 atom stereocenters. The van der Waals surface area contributed by atoms with E-state index in [2.05, 4.69) is 26.2 Å². The first-order valence-electron chi connectivity index (χ1n) is 9.02.